The lowest BCUT2D eigenvalue weighted by molar-refractivity contribution is 0.0921. The van der Waals surface area contributed by atoms with Gasteiger partial charge in [0.15, 0.2) is 12.4 Å². The fourth-order valence-corrected chi connectivity index (χ4v) is 1.80. The molecule has 0 radical (unpaired) electrons. The number of carbonyl (C=O) groups excluding carboxylic acids is 1. The number of benzene rings is 2. The van der Waals surface area contributed by atoms with Crippen LogP contribution in [0.1, 0.15) is 21.5 Å². The number of Topliss-reactive ketones (excluding diaryl/α,β-unsaturated/α-hetero) is 1. The Hall–Kier alpha value is -1.80. The lowest BCUT2D eigenvalue weighted by atomic mass is 10.1. The fourth-order valence-electron chi connectivity index (χ4n) is 1.68. The molecule has 2 nitrogen and oxygen atoms in total. The minimum atomic E-state index is -0.0346. The molecule has 0 spiro atoms. The summed E-state index contributed by atoms with van der Waals surface area (Å²) < 4.78 is 5.48. The number of rotatable bonds is 4. The Bertz CT molecular complexity index is 588. The number of hydrogen-bond acceptors (Lipinski definition) is 2. The quantitative estimate of drug-likeness (QED) is 0.781. The van der Waals surface area contributed by atoms with Gasteiger partial charge in [0.05, 0.1) is 0 Å². The van der Waals surface area contributed by atoms with Gasteiger partial charge in [-0.2, -0.15) is 0 Å². The van der Waals surface area contributed by atoms with Crippen molar-refractivity contribution in [3.8, 4) is 5.75 Å². The number of hydrogen-bond donors (Lipinski definition) is 0. The zero-order valence-electron chi connectivity index (χ0n) is 10.9. The standard InChI is InChI=1S/C16H15ClO2/c1-11-3-5-13(6-4-11)16(18)10-19-14-7-8-15(17)12(2)9-14/h3-9H,10H2,1-2H3. The summed E-state index contributed by atoms with van der Waals surface area (Å²) in [6.45, 7) is 3.92. The highest BCUT2D eigenvalue weighted by Crippen LogP contribution is 2.21. The molecule has 0 amide bonds. The highest BCUT2D eigenvalue weighted by molar-refractivity contribution is 6.31. The first-order valence-corrected chi connectivity index (χ1v) is 6.43. The molecule has 0 saturated carbocycles. The van der Waals surface area contributed by atoms with Gasteiger partial charge in [0.1, 0.15) is 5.75 Å². The molecule has 0 aliphatic rings. The SMILES string of the molecule is Cc1ccc(C(=O)COc2ccc(Cl)c(C)c2)cc1. The van der Waals surface area contributed by atoms with Crippen LogP contribution in [0.15, 0.2) is 42.5 Å². The van der Waals surface area contributed by atoms with E-state index in [1.54, 1.807) is 12.1 Å². The van der Waals surface area contributed by atoms with Crippen molar-refractivity contribution in [1.82, 2.24) is 0 Å². The molecule has 0 aliphatic heterocycles. The second kappa shape index (κ2) is 5.89. The summed E-state index contributed by atoms with van der Waals surface area (Å²) in [6, 6.07) is 12.8. The largest absolute Gasteiger partial charge is 0.485 e. The van der Waals surface area contributed by atoms with E-state index in [2.05, 4.69) is 0 Å². The molecule has 19 heavy (non-hydrogen) atoms. The van der Waals surface area contributed by atoms with E-state index in [4.69, 9.17) is 16.3 Å². The molecule has 0 N–H and O–H groups in total. The third kappa shape index (κ3) is 3.58. The van der Waals surface area contributed by atoms with Crippen LogP contribution < -0.4 is 4.74 Å². The zero-order chi connectivity index (χ0) is 13.8. The molecule has 0 atom stereocenters. The number of halogens is 1. The van der Waals surface area contributed by atoms with E-state index < -0.39 is 0 Å². The van der Waals surface area contributed by atoms with Crippen LogP contribution in [0.3, 0.4) is 0 Å². The van der Waals surface area contributed by atoms with Gasteiger partial charge in [0.2, 0.25) is 0 Å². The van der Waals surface area contributed by atoms with E-state index in [-0.39, 0.29) is 12.4 Å². The Balaban J connectivity index is 2.00. The highest BCUT2D eigenvalue weighted by Gasteiger charge is 2.07. The van der Waals surface area contributed by atoms with Gasteiger partial charge in [-0.25, -0.2) is 0 Å². The van der Waals surface area contributed by atoms with Crippen molar-refractivity contribution in [1.29, 1.82) is 0 Å². The summed E-state index contributed by atoms with van der Waals surface area (Å²) in [7, 11) is 0. The normalized spacial score (nSPS) is 10.3. The van der Waals surface area contributed by atoms with Crippen LogP contribution in [-0.4, -0.2) is 12.4 Å². The molecule has 0 aliphatic carbocycles. The number of carbonyl (C=O) groups is 1. The Morgan fingerprint density at radius 1 is 1.11 bits per heavy atom. The van der Waals surface area contributed by atoms with Crippen LogP contribution in [0.5, 0.6) is 5.75 Å². The summed E-state index contributed by atoms with van der Waals surface area (Å²) in [5, 5.41) is 0.692. The van der Waals surface area contributed by atoms with Crippen molar-refractivity contribution in [2.75, 3.05) is 6.61 Å². The van der Waals surface area contributed by atoms with Crippen LogP contribution in [0.25, 0.3) is 0 Å². The van der Waals surface area contributed by atoms with Crippen molar-refractivity contribution >= 4 is 17.4 Å². The van der Waals surface area contributed by atoms with Crippen molar-refractivity contribution in [3.63, 3.8) is 0 Å². The number of ketones is 1. The molecule has 2 aromatic carbocycles. The molecule has 0 heterocycles. The molecule has 98 valence electrons. The van der Waals surface area contributed by atoms with Gasteiger partial charge in [-0.15, -0.1) is 0 Å². The Labute approximate surface area is 118 Å². The molecule has 2 aromatic rings. The van der Waals surface area contributed by atoms with Gasteiger partial charge >= 0.3 is 0 Å². The predicted molar refractivity (Wildman–Crippen MR) is 77.2 cm³/mol. The van der Waals surface area contributed by atoms with Crippen molar-refractivity contribution in [2.45, 2.75) is 13.8 Å². The number of ether oxygens (including phenoxy) is 1. The topological polar surface area (TPSA) is 26.3 Å². The van der Waals surface area contributed by atoms with Gasteiger partial charge in [-0.1, -0.05) is 41.4 Å². The molecule has 0 saturated heterocycles. The zero-order valence-corrected chi connectivity index (χ0v) is 11.7. The minimum absolute atomic E-state index is 0.0319. The van der Waals surface area contributed by atoms with E-state index in [9.17, 15) is 4.79 Å². The minimum Gasteiger partial charge on any atom is -0.485 e. The average molecular weight is 275 g/mol. The maximum Gasteiger partial charge on any atom is 0.200 e. The second-order valence-corrected chi connectivity index (χ2v) is 4.90. The van der Waals surface area contributed by atoms with E-state index in [0.29, 0.717) is 16.3 Å². The Morgan fingerprint density at radius 3 is 2.42 bits per heavy atom. The lowest BCUT2D eigenvalue weighted by Crippen LogP contribution is -2.11. The fraction of sp³-hybridized carbons (Fsp3) is 0.188. The molecule has 0 bridgehead atoms. The van der Waals surface area contributed by atoms with Gasteiger partial charge in [0, 0.05) is 10.6 Å². The van der Waals surface area contributed by atoms with Crippen LogP contribution in [0.2, 0.25) is 5.02 Å². The third-order valence-corrected chi connectivity index (χ3v) is 3.30. The predicted octanol–water partition coefficient (Wildman–Crippen LogP) is 4.22. The summed E-state index contributed by atoms with van der Waals surface area (Å²) >= 11 is 5.93. The van der Waals surface area contributed by atoms with Crippen LogP contribution in [0.4, 0.5) is 0 Å². The van der Waals surface area contributed by atoms with Crippen molar-refractivity contribution in [2.24, 2.45) is 0 Å². The summed E-state index contributed by atoms with van der Waals surface area (Å²) in [6.07, 6.45) is 0. The van der Waals surface area contributed by atoms with Crippen molar-refractivity contribution < 1.29 is 9.53 Å². The summed E-state index contributed by atoms with van der Waals surface area (Å²) in [4.78, 5) is 11.9. The molecular formula is C16H15ClO2. The summed E-state index contributed by atoms with van der Waals surface area (Å²) in [5.74, 6) is 0.620. The van der Waals surface area contributed by atoms with Gasteiger partial charge in [0.25, 0.3) is 0 Å². The van der Waals surface area contributed by atoms with Gasteiger partial charge < -0.3 is 4.74 Å². The second-order valence-electron chi connectivity index (χ2n) is 4.49. The lowest BCUT2D eigenvalue weighted by Gasteiger charge is -2.07. The molecule has 0 aromatic heterocycles. The van der Waals surface area contributed by atoms with E-state index in [1.165, 1.54) is 0 Å². The molecule has 0 fully saturated rings. The van der Waals surface area contributed by atoms with Crippen LogP contribution in [0, 0.1) is 13.8 Å². The van der Waals surface area contributed by atoms with Gasteiger partial charge in [-0.3, -0.25) is 4.79 Å². The molecule has 2 rings (SSSR count). The Morgan fingerprint density at radius 2 is 1.79 bits per heavy atom. The first-order valence-electron chi connectivity index (χ1n) is 6.05. The first kappa shape index (κ1) is 13.6. The average Bonchev–Trinajstić information content (AvgIpc) is 2.40. The monoisotopic (exact) mass is 274 g/mol. The van der Waals surface area contributed by atoms with Gasteiger partial charge in [-0.05, 0) is 37.6 Å². The first-order chi connectivity index (χ1) is 9.06. The maximum atomic E-state index is 11.9. The molecule has 0 unspecified atom stereocenters. The smallest absolute Gasteiger partial charge is 0.200 e. The summed E-state index contributed by atoms with van der Waals surface area (Å²) in [5.41, 5.74) is 2.73. The molecular weight excluding hydrogens is 260 g/mol. The third-order valence-electron chi connectivity index (χ3n) is 2.87. The van der Waals surface area contributed by atoms with Crippen LogP contribution in [-0.2, 0) is 0 Å². The van der Waals surface area contributed by atoms with E-state index in [0.717, 1.165) is 11.1 Å². The van der Waals surface area contributed by atoms with Crippen LogP contribution >= 0.6 is 11.6 Å². The van der Waals surface area contributed by atoms with E-state index >= 15 is 0 Å². The Kier molecular flexibility index (Phi) is 4.23. The number of aryl methyl sites for hydroxylation is 2. The maximum absolute atomic E-state index is 11.9. The van der Waals surface area contributed by atoms with Crippen molar-refractivity contribution in [3.05, 3.63) is 64.2 Å². The molecule has 3 heteroatoms. The van der Waals surface area contributed by atoms with E-state index in [1.807, 2.05) is 44.2 Å². The highest BCUT2D eigenvalue weighted by atomic mass is 35.5.